The van der Waals surface area contributed by atoms with E-state index in [-0.39, 0.29) is 11.8 Å². The number of dihydropyridines is 1. The third-order valence-electron chi connectivity index (χ3n) is 3.06. The predicted molar refractivity (Wildman–Crippen MR) is 62.3 cm³/mol. The summed E-state index contributed by atoms with van der Waals surface area (Å²) in [5, 5.41) is 2.92. The van der Waals surface area contributed by atoms with Gasteiger partial charge in [-0.25, -0.2) is 5.84 Å². The van der Waals surface area contributed by atoms with Crippen LogP contribution in [0.25, 0.3) is 0 Å². The van der Waals surface area contributed by atoms with Crippen molar-refractivity contribution in [3.05, 3.63) is 23.9 Å². The number of nitrogens with zero attached hydrogens (tertiary/aromatic N) is 1. The van der Waals surface area contributed by atoms with Gasteiger partial charge in [0, 0.05) is 13.1 Å². The van der Waals surface area contributed by atoms with Gasteiger partial charge in [0.25, 0.3) is 11.8 Å². The highest BCUT2D eigenvalue weighted by Gasteiger charge is 2.35. The van der Waals surface area contributed by atoms with Crippen molar-refractivity contribution in [1.82, 2.24) is 15.6 Å². The molecule has 1 atom stereocenters. The van der Waals surface area contributed by atoms with Gasteiger partial charge in [0.05, 0.1) is 0 Å². The molecule has 0 bridgehead atoms. The molecular formula is C11H16N4O2. The maximum Gasteiger partial charge on any atom is 0.269 e. The van der Waals surface area contributed by atoms with Crippen LogP contribution in [-0.4, -0.2) is 35.3 Å². The molecule has 0 aromatic carbocycles. The first-order valence-electron chi connectivity index (χ1n) is 5.55. The number of hydrogen-bond acceptors (Lipinski definition) is 4. The maximum absolute atomic E-state index is 12.0. The van der Waals surface area contributed by atoms with Crippen LogP contribution in [-0.2, 0) is 9.59 Å². The molecule has 17 heavy (non-hydrogen) atoms. The third-order valence-corrected chi connectivity index (χ3v) is 3.06. The molecule has 2 rings (SSSR count). The van der Waals surface area contributed by atoms with Gasteiger partial charge in [0.15, 0.2) is 0 Å². The van der Waals surface area contributed by atoms with Gasteiger partial charge in [-0.3, -0.25) is 15.0 Å². The molecule has 6 nitrogen and oxygen atoms in total. The molecule has 0 aliphatic carbocycles. The lowest BCUT2D eigenvalue weighted by Gasteiger charge is -2.35. The van der Waals surface area contributed by atoms with E-state index in [4.69, 9.17) is 5.84 Å². The topological polar surface area (TPSA) is 87.5 Å². The molecule has 0 aromatic heterocycles. The number of rotatable bonds is 2. The fourth-order valence-electron chi connectivity index (χ4n) is 1.80. The van der Waals surface area contributed by atoms with E-state index < -0.39 is 5.54 Å². The van der Waals surface area contributed by atoms with Crippen molar-refractivity contribution in [2.45, 2.75) is 18.9 Å². The zero-order valence-electron chi connectivity index (χ0n) is 9.69. The van der Waals surface area contributed by atoms with Crippen LogP contribution in [0, 0.1) is 0 Å². The van der Waals surface area contributed by atoms with E-state index in [1.165, 1.54) is 0 Å². The van der Waals surface area contributed by atoms with Crippen molar-refractivity contribution < 1.29 is 9.59 Å². The molecule has 0 spiro atoms. The predicted octanol–water partition coefficient (Wildman–Crippen LogP) is -0.989. The van der Waals surface area contributed by atoms with Crippen molar-refractivity contribution in [3.8, 4) is 0 Å². The van der Waals surface area contributed by atoms with E-state index in [2.05, 4.69) is 10.7 Å². The van der Waals surface area contributed by atoms with Crippen LogP contribution in [0.1, 0.15) is 13.3 Å². The zero-order chi connectivity index (χ0) is 12.5. The number of nitrogens with one attached hydrogen (secondary N) is 2. The Morgan fingerprint density at radius 3 is 2.76 bits per heavy atom. The monoisotopic (exact) mass is 236 g/mol. The Morgan fingerprint density at radius 2 is 2.24 bits per heavy atom. The number of carbonyl (C=O) groups is 2. The Bertz CT molecular complexity index is 412. The molecule has 0 aromatic rings. The van der Waals surface area contributed by atoms with Gasteiger partial charge >= 0.3 is 0 Å². The number of allylic oxidation sites excluding steroid dienone is 2. The fourth-order valence-corrected chi connectivity index (χ4v) is 1.80. The number of hydrazine groups is 1. The van der Waals surface area contributed by atoms with Gasteiger partial charge in [-0.15, -0.1) is 0 Å². The summed E-state index contributed by atoms with van der Waals surface area (Å²) < 4.78 is 0. The van der Waals surface area contributed by atoms with E-state index in [0.29, 0.717) is 5.70 Å². The van der Waals surface area contributed by atoms with Gasteiger partial charge in [0.1, 0.15) is 11.2 Å². The summed E-state index contributed by atoms with van der Waals surface area (Å²) in [6.07, 6.45) is 6.07. The van der Waals surface area contributed by atoms with Crippen LogP contribution in [0.5, 0.6) is 0 Å². The zero-order valence-corrected chi connectivity index (χ0v) is 9.69. The summed E-state index contributed by atoms with van der Waals surface area (Å²) in [6, 6.07) is 0. The third kappa shape index (κ3) is 2.03. The van der Waals surface area contributed by atoms with E-state index in [0.717, 1.165) is 19.5 Å². The molecule has 0 saturated carbocycles. The lowest BCUT2D eigenvalue weighted by atomic mass is 9.97. The Morgan fingerprint density at radius 1 is 1.53 bits per heavy atom. The molecular weight excluding hydrogens is 220 g/mol. The number of hydrogen-bond donors (Lipinski definition) is 3. The van der Waals surface area contributed by atoms with Crippen molar-refractivity contribution in [2.24, 2.45) is 5.84 Å². The fraction of sp³-hybridized carbons (Fsp3) is 0.455. The molecule has 0 radical (unpaired) electrons. The first kappa shape index (κ1) is 11.7. The van der Waals surface area contributed by atoms with Crippen LogP contribution < -0.4 is 16.6 Å². The van der Waals surface area contributed by atoms with Crippen LogP contribution in [0.4, 0.5) is 0 Å². The summed E-state index contributed by atoms with van der Waals surface area (Å²) in [5.74, 6) is 4.67. The lowest BCUT2D eigenvalue weighted by Crippen LogP contribution is -2.58. The normalized spacial score (nSPS) is 26.7. The minimum absolute atomic E-state index is 0.0725. The van der Waals surface area contributed by atoms with Gasteiger partial charge in [-0.2, -0.15) is 0 Å². The van der Waals surface area contributed by atoms with Crippen LogP contribution >= 0.6 is 0 Å². The number of likely N-dealkylation sites (tertiary alicyclic amines) is 1. The first-order chi connectivity index (χ1) is 8.07. The SMILES string of the molecule is CC1(C(=O)NN)C=CC=C(C(=O)N2CCC2)N1. The Hall–Kier alpha value is -1.82. The average molecular weight is 236 g/mol. The summed E-state index contributed by atoms with van der Waals surface area (Å²) in [5.41, 5.74) is 1.54. The van der Waals surface area contributed by atoms with Gasteiger partial charge in [-0.1, -0.05) is 6.08 Å². The number of amides is 2. The molecule has 2 heterocycles. The van der Waals surface area contributed by atoms with Crippen molar-refractivity contribution in [2.75, 3.05) is 13.1 Å². The molecule has 2 aliphatic rings. The summed E-state index contributed by atoms with van der Waals surface area (Å²) >= 11 is 0. The standard InChI is InChI=1S/C11H16N4O2/c1-11(10(17)14-12)5-2-4-8(13-11)9(16)15-6-3-7-15/h2,4-5,13H,3,6-7,12H2,1H3,(H,14,17). The lowest BCUT2D eigenvalue weighted by molar-refractivity contribution is -0.131. The van der Waals surface area contributed by atoms with E-state index >= 15 is 0 Å². The Kier molecular flexibility index (Phi) is 2.89. The second-order valence-corrected chi connectivity index (χ2v) is 4.39. The van der Waals surface area contributed by atoms with E-state index in [1.807, 2.05) is 0 Å². The Labute approximate surface area is 99.5 Å². The molecule has 2 amide bonds. The van der Waals surface area contributed by atoms with Gasteiger partial charge in [0.2, 0.25) is 0 Å². The highest BCUT2D eigenvalue weighted by molar-refractivity contribution is 5.97. The first-order valence-corrected chi connectivity index (χ1v) is 5.55. The van der Waals surface area contributed by atoms with Crippen molar-refractivity contribution in [3.63, 3.8) is 0 Å². The minimum atomic E-state index is -0.973. The molecule has 6 heteroatoms. The second kappa shape index (κ2) is 4.21. The van der Waals surface area contributed by atoms with Crippen LogP contribution in [0.3, 0.4) is 0 Å². The summed E-state index contributed by atoms with van der Waals surface area (Å²) in [4.78, 5) is 25.3. The van der Waals surface area contributed by atoms with Gasteiger partial charge < -0.3 is 10.2 Å². The highest BCUT2D eigenvalue weighted by atomic mass is 16.2. The molecule has 92 valence electrons. The molecule has 2 aliphatic heterocycles. The second-order valence-electron chi connectivity index (χ2n) is 4.39. The van der Waals surface area contributed by atoms with E-state index in [9.17, 15) is 9.59 Å². The summed E-state index contributed by atoms with van der Waals surface area (Å²) in [6.45, 7) is 3.23. The van der Waals surface area contributed by atoms with Crippen molar-refractivity contribution >= 4 is 11.8 Å². The molecule has 1 saturated heterocycles. The molecule has 1 fully saturated rings. The number of carbonyl (C=O) groups excluding carboxylic acids is 2. The Balaban J connectivity index is 2.11. The highest BCUT2D eigenvalue weighted by Crippen LogP contribution is 2.17. The number of nitrogens with two attached hydrogens (primary N) is 1. The maximum atomic E-state index is 12.0. The quantitative estimate of drug-likeness (QED) is 0.326. The van der Waals surface area contributed by atoms with Crippen molar-refractivity contribution in [1.29, 1.82) is 0 Å². The smallest absolute Gasteiger partial charge is 0.269 e. The largest absolute Gasteiger partial charge is 0.364 e. The van der Waals surface area contributed by atoms with Gasteiger partial charge in [-0.05, 0) is 25.5 Å². The van der Waals surface area contributed by atoms with Crippen LogP contribution in [0.15, 0.2) is 23.9 Å². The average Bonchev–Trinajstić information content (AvgIpc) is 2.25. The molecule has 1 unspecified atom stereocenters. The van der Waals surface area contributed by atoms with Crippen LogP contribution in [0.2, 0.25) is 0 Å². The summed E-state index contributed by atoms with van der Waals surface area (Å²) in [7, 11) is 0. The van der Waals surface area contributed by atoms with E-state index in [1.54, 1.807) is 30.1 Å². The molecule has 4 N–H and O–H groups in total. The minimum Gasteiger partial charge on any atom is -0.364 e.